The number of hydrogen-bond donors (Lipinski definition) is 0. The van der Waals surface area contributed by atoms with E-state index >= 15 is 0 Å². The molecule has 0 N–H and O–H groups in total. The van der Waals surface area contributed by atoms with E-state index < -0.39 is 0 Å². The lowest BCUT2D eigenvalue weighted by molar-refractivity contribution is 1.28. The maximum atomic E-state index is 4.52. The van der Waals surface area contributed by atoms with Crippen LogP contribution in [-0.2, 0) is 0 Å². The molecule has 0 amide bonds. The highest BCUT2D eigenvalue weighted by molar-refractivity contribution is 6.09. The molecule has 0 saturated carbocycles. The quantitative estimate of drug-likeness (QED) is 0.221. The van der Waals surface area contributed by atoms with E-state index in [1.807, 2.05) is 48.8 Å². The van der Waals surface area contributed by atoms with Gasteiger partial charge in [0.25, 0.3) is 0 Å². The maximum Gasteiger partial charge on any atom is 0.0701 e. The van der Waals surface area contributed by atoms with Crippen LogP contribution in [0.1, 0.15) is 0 Å². The van der Waals surface area contributed by atoms with E-state index in [0.29, 0.717) is 0 Å². The lowest BCUT2D eigenvalue weighted by Gasteiger charge is -2.26. The Bertz CT molecular complexity index is 1800. The Balaban J connectivity index is 1.36. The van der Waals surface area contributed by atoms with Crippen molar-refractivity contribution in [2.75, 3.05) is 4.90 Å². The summed E-state index contributed by atoms with van der Waals surface area (Å²) in [6, 6.07) is 49.0. The Morgan fingerprint density at radius 2 is 0.872 bits per heavy atom. The van der Waals surface area contributed by atoms with E-state index in [2.05, 4.69) is 118 Å². The standard InChI is InChI=1S/C36H25N3/c1-2-8-33-26(7-1)11-12-27-13-22-32(25-34(27)33)39(30-18-14-28(15-19-30)35-9-3-5-23-37-35)31-20-16-29(17-21-31)36-10-4-6-24-38-36/h1-25H. The second-order valence-electron chi connectivity index (χ2n) is 9.55. The summed E-state index contributed by atoms with van der Waals surface area (Å²) in [5.74, 6) is 0. The molecule has 2 heterocycles. The predicted octanol–water partition coefficient (Wildman–Crippen LogP) is 9.59. The average molecular weight is 500 g/mol. The van der Waals surface area contributed by atoms with Crippen molar-refractivity contribution < 1.29 is 0 Å². The molecule has 0 aliphatic rings. The molecule has 0 aliphatic heterocycles. The molecule has 0 fully saturated rings. The fourth-order valence-corrected chi connectivity index (χ4v) is 5.21. The summed E-state index contributed by atoms with van der Waals surface area (Å²) in [7, 11) is 0. The molecule has 39 heavy (non-hydrogen) atoms. The molecular formula is C36H25N3. The van der Waals surface area contributed by atoms with Crippen LogP contribution in [0.2, 0.25) is 0 Å². The molecule has 184 valence electrons. The molecule has 0 atom stereocenters. The zero-order valence-electron chi connectivity index (χ0n) is 21.3. The van der Waals surface area contributed by atoms with E-state index in [4.69, 9.17) is 0 Å². The van der Waals surface area contributed by atoms with Gasteiger partial charge in [-0.3, -0.25) is 9.97 Å². The molecule has 0 aliphatic carbocycles. The number of nitrogens with zero attached hydrogens (tertiary/aromatic N) is 3. The van der Waals surface area contributed by atoms with E-state index in [1.54, 1.807) is 0 Å². The van der Waals surface area contributed by atoms with Crippen LogP contribution in [-0.4, -0.2) is 9.97 Å². The van der Waals surface area contributed by atoms with Gasteiger partial charge in [-0.05, 0) is 82.2 Å². The molecule has 0 radical (unpaired) electrons. The zero-order chi connectivity index (χ0) is 26.0. The van der Waals surface area contributed by atoms with Crippen molar-refractivity contribution in [2.45, 2.75) is 0 Å². The topological polar surface area (TPSA) is 29.0 Å². The molecule has 7 rings (SSSR count). The van der Waals surface area contributed by atoms with Crippen molar-refractivity contribution in [3.05, 3.63) is 152 Å². The Morgan fingerprint density at radius 3 is 1.44 bits per heavy atom. The molecule has 3 heteroatoms. The van der Waals surface area contributed by atoms with Gasteiger partial charge in [-0.25, -0.2) is 0 Å². The van der Waals surface area contributed by atoms with Crippen molar-refractivity contribution >= 4 is 38.6 Å². The SMILES string of the molecule is c1ccc(-c2ccc(N(c3ccc(-c4ccccn4)cc3)c3ccc4ccc5ccccc5c4c3)cc2)nc1. The number of hydrogen-bond acceptors (Lipinski definition) is 3. The first kappa shape index (κ1) is 22.9. The largest absolute Gasteiger partial charge is 0.310 e. The van der Waals surface area contributed by atoms with Crippen LogP contribution in [0.5, 0.6) is 0 Å². The average Bonchev–Trinajstić information content (AvgIpc) is 3.03. The van der Waals surface area contributed by atoms with E-state index in [1.165, 1.54) is 21.5 Å². The maximum absolute atomic E-state index is 4.52. The van der Waals surface area contributed by atoms with Gasteiger partial charge >= 0.3 is 0 Å². The second-order valence-corrected chi connectivity index (χ2v) is 9.55. The Hall–Kier alpha value is -5.28. The first-order valence-electron chi connectivity index (χ1n) is 13.1. The molecule has 3 nitrogen and oxygen atoms in total. The molecular weight excluding hydrogens is 474 g/mol. The molecule has 0 unspecified atom stereocenters. The van der Waals surface area contributed by atoms with Gasteiger partial charge in [0, 0.05) is 40.6 Å². The molecule has 0 spiro atoms. The molecule has 0 bridgehead atoms. The van der Waals surface area contributed by atoms with Gasteiger partial charge in [-0.2, -0.15) is 0 Å². The van der Waals surface area contributed by atoms with Crippen LogP contribution in [0.15, 0.2) is 152 Å². The smallest absolute Gasteiger partial charge is 0.0701 e. The van der Waals surface area contributed by atoms with Crippen molar-refractivity contribution in [1.82, 2.24) is 9.97 Å². The summed E-state index contributed by atoms with van der Waals surface area (Å²) in [6.45, 7) is 0. The number of fused-ring (bicyclic) bond motifs is 3. The molecule has 5 aromatic carbocycles. The third-order valence-electron chi connectivity index (χ3n) is 7.16. The van der Waals surface area contributed by atoms with Crippen LogP contribution < -0.4 is 4.90 Å². The lowest BCUT2D eigenvalue weighted by Crippen LogP contribution is -2.10. The third kappa shape index (κ3) is 4.41. The summed E-state index contributed by atoms with van der Waals surface area (Å²) in [6.07, 6.45) is 3.66. The zero-order valence-corrected chi connectivity index (χ0v) is 21.3. The first-order chi connectivity index (χ1) is 19.3. The van der Waals surface area contributed by atoms with Crippen LogP contribution >= 0.6 is 0 Å². The van der Waals surface area contributed by atoms with Crippen molar-refractivity contribution in [3.8, 4) is 22.5 Å². The van der Waals surface area contributed by atoms with E-state index in [-0.39, 0.29) is 0 Å². The van der Waals surface area contributed by atoms with Crippen LogP contribution in [0.3, 0.4) is 0 Å². The normalized spacial score (nSPS) is 11.1. The third-order valence-corrected chi connectivity index (χ3v) is 7.16. The van der Waals surface area contributed by atoms with Gasteiger partial charge in [-0.1, -0.05) is 78.9 Å². The minimum absolute atomic E-state index is 0.965. The van der Waals surface area contributed by atoms with Crippen LogP contribution in [0.4, 0.5) is 17.1 Å². The number of rotatable bonds is 5. The fraction of sp³-hybridized carbons (Fsp3) is 0. The fourth-order valence-electron chi connectivity index (χ4n) is 5.21. The highest BCUT2D eigenvalue weighted by Crippen LogP contribution is 2.38. The monoisotopic (exact) mass is 499 g/mol. The van der Waals surface area contributed by atoms with E-state index in [9.17, 15) is 0 Å². The Kier molecular flexibility index (Phi) is 5.80. The molecule has 7 aromatic rings. The second kappa shape index (κ2) is 9.88. The van der Waals surface area contributed by atoms with Crippen LogP contribution in [0.25, 0.3) is 44.1 Å². The van der Waals surface area contributed by atoms with E-state index in [0.717, 1.165) is 39.6 Å². The van der Waals surface area contributed by atoms with Crippen molar-refractivity contribution in [1.29, 1.82) is 0 Å². The van der Waals surface area contributed by atoms with Gasteiger partial charge < -0.3 is 4.90 Å². The van der Waals surface area contributed by atoms with Gasteiger partial charge in [0.05, 0.1) is 11.4 Å². The minimum Gasteiger partial charge on any atom is -0.310 e. The minimum atomic E-state index is 0.965. The number of benzene rings is 5. The Labute approximate surface area is 227 Å². The highest BCUT2D eigenvalue weighted by atomic mass is 15.1. The summed E-state index contributed by atoms with van der Waals surface area (Å²) in [5.41, 5.74) is 7.39. The summed E-state index contributed by atoms with van der Waals surface area (Å²) in [5, 5.41) is 4.97. The van der Waals surface area contributed by atoms with Gasteiger partial charge in [0.15, 0.2) is 0 Å². The summed E-state index contributed by atoms with van der Waals surface area (Å²) < 4.78 is 0. The summed E-state index contributed by atoms with van der Waals surface area (Å²) in [4.78, 5) is 11.4. The number of anilines is 3. The molecule has 2 aromatic heterocycles. The van der Waals surface area contributed by atoms with Crippen molar-refractivity contribution in [2.24, 2.45) is 0 Å². The van der Waals surface area contributed by atoms with Gasteiger partial charge in [0.2, 0.25) is 0 Å². The van der Waals surface area contributed by atoms with Crippen LogP contribution in [0, 0.1) is 0 Å². The number of aromatic nitrogens is 2. The van der Waals surface area contributed by atoms with Gasteiger partial charge in [0.1, 0.15) is 0 Å². The lowest BCUT2D eigenvalue weighted by atomic mass is 10.0. The summed E-state index contributed by atoms with van der Waals surface area (Å²) >= 11 is 0. The first-order valence-corrected chi connectivity index (χ1v) is 13.1. The highest BCUT2D eigenvalue weighted by Gasteiger charge is 2.15. The molecule has 0 saturated heterocycles. The predicted molar refractivity (Wildman–Crippen MR) is 163 cm³/mol. The van der Waals surface area contributed by atoms with Crippen molar-refractivity contribution in [3.63, 3.8) is 0 Å². The Morgan fingerprint density at radius 1 is 0.385 bits per heavy atom. The van der Waals surface area contributed by atoms with Gasteiger partial charge in [-0.15, -0.1) is 0 Å². The number of pyridine rings is 2.